The Bertz CT molecular complexity index is 1260. The number of hydrogen-bond acceptors (Lipinski definition) is 5. The van der Waals surface area contributed by atoms with Crippen molar-refractivity contribution in [2.45, 2.75) is 24.8 Å². The molecule has 0 saturated carbocycles. The van der Waals surface area contributed by atoms with Gasteiger partial charge in [0.1, 0.15) is 0 Å². The van der Waals surface area contributed by atoms with Gasteiger partial charge in [0.05, 0.1) is 41.4 Å². The van der Waals surface area contributed by atoms with Crippen LogP contribution in [-0.2, 0) is 10.0 Å². The van der Waals surface area contributed by atoms with Gasteiger partial charge in [-0.15, -0.1) is 0 Å². The summed E-state index contributed by atoms with van der Waals surface area (Å²) in [5.74, 6) is 0.751. The molecular formula is C24H25ClN2O5S. The van der Waals surface area contributed by atoms with Crippen LogP contribution in [0, 0.1) is 6.92 Å². The van der Waals surface area contributed by atoms with E-state index in [0.717, 1.165) is 11.1 Å². The van der Waals surface area contributed by atoms with Crippen molar-refractivity contribution in [1.29, 1.82) is 0 Å². The van der Waals surface area contributed by atoms with Crippen LogP contribution < -0.4 is 19.5 Å². The molecule has 33 heavy (non-hydrogen) atoms. The van der Waals surface area contributed by atoms with Gasteiger partial charge in [0.2, 0.25) is 0 Å². The molecule has 174 valence electrons. The fraction of sp³-hybridized carbons (Fsp3) is 0.208. The number of carbonyl (C=O) groups is 1. The summed E-state index contributed by atoms with van der Waals surface area (Å²) in [6.45, 7) is 3.70. The van der Waals surface area contributed by atoms with Crippen molar-refractivity contribution in [3.05, 3.63) is 82.4 Å². The Labute approximate surface area is 198 Å². The minimum atomic E-state index is -3.78. The number of carbonyl (C=O) groups excluding carboxylic acids is 1. The molecular weight excluding hydrogens is 464 g/mol. The van der Waals surface area contributed by atoms with Crippen molar-refractivity contribution in [3.8, 4) is 11.5 Å². The van der Waals surface area contributed by atoms with Crippen molar-refractivity contribution in [1.82, 2.24) is 5.32 Å². The molecule has 3 aromatic carbocycles. The van der Waals surface area contributed by atoms with Gasteiger partial charge >= 0.3 is 0 Å². The minimum Gasteiger partial charge on any atom is -0.493 e. The summed E-state index contributed by atoms with van der Waals surface area (Å²) in [5, 5.41) is 3.00. The number of aryl methyl sites for hydroxylation is 1. The molecule has 0 bridgehead atoms. The van der Waals surface area contributed by atoms with E-state index >= 15 is 0 Å². The predicted octanol–water partition coefficient (Wildman–Crippen LogP) is 4.96. The first-order chi connectivity index (χ1) is 15.6. The van der Waals surface area contributed by atoms with E-state index in [1.165, 1.54) is 30.3 Å². The van der Waals surface area contributed by atoms with E-state index in [4.69, 9.17) is 21.1 Å². The molecule has 0 aliphatic rings. The molecule has 0 radical (unpaired) electrons. The Hall–Kier alpha value is -3.23. The van der Waals surface area contributed by atoms with Gasteiger partial charge in [-0.3, -0.25) is 9.52 Å². The highest BCUT2D eigenvalue weighted by molar-refractivity contribution is 7.92. The molecule has 0 spiro atoms. The zero-order valence-corrected chi connectivity index (χ0v) is 20.3. The molecule has 2 N–H and O–H groups in total. The summed E-state index contributed by atoms with van der Waals surface area (Å²) in [6.07, 6.45) is 0. The van der Waals surface area contributed by atoms with E-state index in [1.54, 1.807) is 38.5 Å². The number of hydrogen-bond donors (Lipinski definition) is 2. The smallest absolute Gasteiger partial charge is 0.261 e. The van der Waals surface area contributed by atoms with Crippen LogP contribution in [0.5, 0.6) is 11.5 Å². The number of sulfonamides is 1. The molecule has 0 aliphatic heterocycles. The summed E-state index contributed by atoms with van der Waals surface area (Å²) < 4.78 is 38.2. The van der Waals surface area contributed by atoms with Gasteiger partial charge in [-0.25, -0.2) is 8.42 Å². The lowest BCUT2D eigenvalue weighted by atomic mass is 10.1. The number of rotatable bonds is 8. The number of methoxy groups -OCH3 is 2. The molecule has 0 unspecified atom stereocenters. The minimum absolute atomic E-state index is 0.121. The zero-order chi connectivity index (χ0) is 24.2. The highest BCUT2D eigenvalue weighted by Gasteiger charge is 2.18. The normalized spacial score (nSPS) is 12.0. The van der Waals surface area contributed by atoms with Crippen LogP contribution in [0.4, 0.5) is 5.69 Å². The largest absolute Gasteiger partial charge is 0.493 e. The number of anilines is 1. The highest BCUT2D eigenvalue weighted by atomic mass is 35.5. The summed E-state index contributed by atoms with van der Waals surface area (Å²) >= 11 is 6.30. The molecule has 3 rings (SSSR count). The van der Waals surface area contributed by atoms with Crippen LogP contribution in [0.2, 0.25) is 5.02 Å². The molecule has 7 nitrogen and oxygen atoms in total. The third kappa shape index (κ3) is 5.77. The molecule has 1 amide bonds. The zero-order valence-electron chi connectivity index (χ0n) is 18.7. The van der Waals surface area contributed by atoms with Gasteiger partial charge in [-0.1, -0.05) is 35.4 Å². The van der Waals surface area contributed by atoms with Gasteiger partial charge in [0, 0.05) is 0 Å². The van der Waals surface area contributed by atoms with Gasteiger partial charge in [-0.2, -0.15) is 0 Å². The van der Waals surface area contributed by atoms with E-state index in [1.807, 2.05) is 19.9 Å². The van der Waals surface area contributed by atoms with Crippen LogP contribution in [0.1, 0.15) is 34.5 Å². The molecule has 9 heteroatoms. The van der Waals surface area contributed by atoms with Crippen LogP contribution in [-0.4, -0.2) is 28.5 Å². The standard InChI is InChI=1S/C24H25ClN2O5S/c1-15-5-9-19(10-6-15)33(29,30)27-18-8-11-20(21(25)14-18)24(28)26-16(2)17-7-12-22(31-3)23(13-17)32-4/h5-14,16,27H,1-4H3,(H,26,28)/t16-/m1/s1. The van der Waals surface area contributed by atoms with E-state index in [9.17, 15) is 13.2 Å². The lowest BCUT2D eigenvalue weighted by Gasteiger charge is -2.17. The second-order valence-electron chi connectivity index (χ2n) is 7.42. The van der Waals surface area contributed by atoms with Crippen LogP contribution in [0.15, 0.2) is 65.6 Å². The first kappa shape index (κ1) is 24.4. The van der Waals surface area contributed by atoms with Gasteiger partial charge < -0.3 is 14.8 Å². The van der Waals surface area contributed by atoms with Crippen molar-refractivity contribution < 1.29 is 22.7 Å². The van der Waals surface area contributed by atoms with E-state index in [0.29, 0.717) is 11.5 Å². The summed E-state index contributed by atoms with van der Waals surface area (Å²) in [5.41, 5.74) is 2.25. The quantitative estimate of drug-likeness (QED) is 0.467. The Kier molecular flexibility index (Phi) is 7.50. The third-order valence-corrected chi connectivity index (χ3v) is 6.76. The highest BCUT2D eigenvalue weighted by Crippen LogP contribution is 2.30. The second-order valence-corrected chi connectivity index (χ2v) is 9.51. The van der Waals surface area contributed by atoms with E-state index in [2.05, 4.69) is 10.0 Å². The molecule has 3 aromatic rings. The van der Waals surface area contributed by atoms with E-state index < -0.39 is 15.9 Å². The maximum Gasteiger partial charge on any atom is 0.261 e. The maximum atomic E-state index is 12.8. The first-order valence-corrected chi connectivity index (χ1v) is 11.9. The topological polar surface area (TPSA) is 93.7 Å². The molecule has 0 saturated heterocycles. The van der Waals surface area contributed by atoms with Crippen molar-refractivity contribution in [2.24, 2.45) is 0 Å². The van der Waals surface area contributed by atoms with E-state index in [-0.39, 0.29) is 27.2 Å². The number of ether oxygens (including phenoxy) is 2. The van der Waals surface area contributed by atoms with Crippen LogP contribution in [0.25, 0.3) is 0 Å². The summed E-state index contributed by atoms with van der Waals surface area (Å²) in [6, 6.07) is 15.9. The Morgan fingerprint density at radius 1 is 0.939 bits per heavy atom. The molecule has 0 aliphatic carbocycles. The lowest BCUT2D eigenvalue weighted by molar-refractivity contribution is 0.0940. The molecule has 1 atom stereocenters. The number of amides is 1. The fourth-order valence-corrected chi connectivity index (χ4v) is 4.49. The summed E-state index contributed by atoms with van der Waals surface area (Å²) in [4.78, 5) is 12.9. The molecule has 0 fully saturated rings. The first-order valence-electron chi connectivity index (χ1n) is 10.1. The monoisotopic (exact) mass is 488 g/mol. The Balaban J connectivity index is 1.74. The average molecular weight is 489 g/mol. The third-order valence-electron chi connectivity index (χ3n) is 5.05. The molecule has 0 aromatic heterocycles. The van der Waals surface area contributed by atoms with Gasteiger partial charge in [-0.05, 0) is 61.9 Å². The second kappa shape index (κ2) is 10.1. The van der Waals surface area contributed by atoms with Crippen molar-refractivity contribution in [2.75, 3.05) is 18.9 Å². The number of nitrogens with one attached hydrogen (secondary N) is 2. The maximum absolute atomic E-state index is 12.8. The molecule has 0 heterocycles. The van der Waals surface area contributed by atoms with Crippen LogP contribution >= 0.6 is 11.6 Å². The van der Waals surface area contributed by atoms with Gasteiger partial charge in [0.25, 0.3) is 15.9 Å². The predicted molar refractivity (Wildman–Crippen MR) is 129 cm³/mol. The summed E-state index contributed by atoms with van der Waals surface area (Å²) in [7, 11) is -0.687. The number of benzene rings is 3. The lowest BCUT2D eigenvalue weighted by Crippen LogP contribution is -2.27. The Morgan fingerprint density at radius 2 is 1.61 bits per heavy atom. The van der Waals surface area contributed by atoms with Gasteiger partial charge in [0.15, 0.2) is 11.5 Å². The number of halogens is 1. The average Bonchev–Trinajstić information content (AvgIpc) is 2.78. The van der Waals surface area contributed by atoms with Crippen molar-refractivity contribution >= 4 is 33.2 Å². The van der Waals surface area contributed by atoms with Crippen molar-refractivity contribution in [3.63, 3.8) is 0 Å². The van der Waals surface area contributed by atoms with Crippen LogP contribution in [0.3, 0.4) is 0 Å². The fourth-order valence-electron chi connectivity index (χ4n) is 3.17. The SMILES string of the molecule is COc1ccc([C@@H](C)NC(=O)c2ccc(NS(=O)(=O)c3ccc(C)cc3)cc2Cl)cc1OC. The Morgan fingerprint density at radius 3 is 2.21 bits per heavy atom.